The summed E-state index contributed by atoms with van der Waals surface area (Å²) in [6, 6.07) is 26.5. The van der Waals surface area contributed by atoms with Crippen molar-refractivity contribution in [3.8, 4) is 40.1 Å². The minimum atomic E-state index is -0.609. The molecule has 6 aromatic rings. The number of halogens is 1. The number of aromatic nitrogens is 4. The molecule has 0 saturated carbocycles. The first-order valence-corrected chi connectivity index (χ1v) is 14.2. The molecule has 10 heteroatoms. The van der Waals surface area contributed by atoms with E-state index in [2.05, 4.69) is 17.1 Å². The van der Waals surface area contributed by atoms with Gasteiger partial charge < -0.3 is 27.9 Å². The van der Waals surface area contributed by atoms with Crippen molar-refractivity contribution < 1.29 is 27.8 Å². The van der Waals surface area contributed by atoms with Crippen molar-refractivity contribution in [1.29, 1.82) is 0 Å². The van der Waals surface area contributed by atoms with Gasteiger partial charge in [-0.1, -0.05) is 60.7 Å². The van der Waals surface area contributed by atoms with Crippen molar-refractivity contribution in [3.05, 3.63) is 108 Å². The molecule has 0 amide bonds. The SMILES string of the molecule is COc1cc(-c2nc3cc(-c4nnco4)ccc3n2C2(C)COC2)c(F)c(OCc2ccccc2)c1OCc1ccccc1. The van der Waals surface area contributed by atoms with Crippen LogP contribution in [0.5, 0.6) is 17.2 Å². The number of imidazole rings is 1. The summed E-state index contributed by atoms with van der Waals surface area (Å²) in [6.07, 6.45) is 1.27. The van der Waals surface area contributed by atoms with E-state index in [1.807, 2.05) is 83.4 Å². The number of hydrogen-bond acceptors (Lipinski definition) is 8. The van der Waals surface area contributed by atoms with Crippen molar-refractivity contribution in [2.45, 2.75) is 25.7 Å². The average Bonchev–Trinajstić information content (AvgIpc) is 3.72. The highest BCUT2D eigenvalue weighted by molar-refractivity contribution is 5.85. The van der Waals surface area contributed by atoms with Crippen LogP contribution in [-0.4, -0.2) is 40.1 Å². The van der Waals surface area contributed by atoms with Gasteiger partial charge in [0.2, 0.25) is 23.8 Å². The molecule has 9 nitrogen and oxygen atoms in total. The Balaban J connectivity index is 1.38. The third-order valence-corrected chi connectivity index (χ3v) is 7.68. The van der Waals surface area contributed by atoms with Crippen LogP contribution in [0.4, 0.5) is 4.39 Å². The predicted molar refractivity (Wildman–Crippen MR) is 161 cm³/mol. The summed E-state index contributed by atoms with van der Waals surface area (Å²) in [6.45, 7) is 3.29. The maximum Gasteiger partial charge on any atom is 0.247 e. The van der Waals surface area contributed by atoms with Crippen molar-refractivity contribution in [1.82, 2.24) is 19.7 Å². The summed E-state index contributed by atoms with van der Waals surface area (Å²) in [7, 11) is 1.52. The fourth-order valence-electron chi connectivity index (χ4n) is 5.40. The molecule has 2 aromatic heterocycles. The zero-order valence-corrected chi connectivity index (χ0v) is 24.2. The zero-order chi connectivity index (χ0) is 30.1. The lowest BCUT2D eigenvalue weighted by atomic mass is 9.98. The molecular weight excluding hydrogens is 563 g/mol. The van der Waals surface area contributed by atoms with Gasteiger partial charge in [-0.25, -0.2) is 9.37 Å². The van der Waals surface area contributed by atoms with Crippen LogP contribution in [0.25, 0.3) is 33.9 Å². The minimum absolute atomic E-state index is 0.0562. The molecule has 7 rings (SSSR count). The molecule has 4 aromatic carbocycles. The van der Waals surface area contributed by atoms with Crippen LogP contribution in [0.15, 0.2) is 95.7 Å². The summed E-state index contributed by atoms with van der Waals surface area (Å²) in [5.41, 5.74) is 3.71. The molecule has 44 heavy (non-hydrogen) atoms. The maximum absolute atomic E-state index is 16.9. The number of ether oxygens (including phenoxy) is 4. The first-order valence-electron chi connectivity index (χ1n) is 14.2. The number of fused-ring (bicyclic) bond motifs is 1. The number of rotatable bonds is 10. The number of benzene rings is 4. The minimum Gasteiger partial charge on any atom is -0.493 e. The lowest BCUT2D eigenvalue weighted by molar-refractivity contribution is -0.0868. The van der Waals surface area contributed by atoms with Gasteiger partial charge in [-0.05, 0) is 42.3 Å². The normalized spacial score (nSPS) is 13.9. The topological polar surface area (TPSA) is 93.7 Å². The van der Waals surface area contributed by atoms with Gasteiger partial charge in [0.1, 0.15) is 19.0 Å². The predicted octanol–water partition coefficient (Wildman–Crippen LogP) is 6.80. The van der Waals surface area contributed by atoms with Crippen molar-refractivity contribution in [2.75, 3.05) is 20.3 Å². The Bertz CT molecular complexity index is 1910. The molecule has 1 aliphatic heterocycles. The highest BCUT2D eigenvalue weighted by Crippen LogP contribution is 2.47. The molecule has 0 spiro atoms. The van der Waals surface area contributed by atoms with Gasteiger partial charge >= 0.3 is 0 Å². The summed E-state index contributed by atoms with van der Waals surface area (Å²) in [5.74, 6) is 0.601. The second-order valence-electron chi connectivity index (χ2n) is 10.9. The zero-order valence-electron chi connectivity index (χ0n) is 24.2. The van der Waals surface area contributed by atoms with E-state index in [4.69, 9.17) is 28.3 Å². The number of hydrogen-bond donors (Lipinski definition) is 0. The first-order chi connectivity index (χ1) is 21.5. The fraction of sp³-hybridized carbons (Fsp3) is 0.206. The van der Waals surface area contributed by atoms with Crippen LogP contribution >= 0.6 is 0 Å². The third-order valence-electron chi connectivity index (χ3n) is 7.68. The molecular formula is C34H29FN4O5. The van der Waals surface area contributed by atoms with E-state index < -0.39 is 11.4 Å². The second kappa shape index (κ2) is 11.5. The van der Waals surface area contributed by atoms with Crippen molar-refractivity contribution in [3.63, 3.8) is 0 Å². The number of methoxy groups -OCH3 is 1. The van der Waals surface area contributed by atoms with Crippen LogP contribution in [0.3, 0.4) is 0 Å². The lowest BCUT2D eigenvalue weighted by Crippen LogP contribution is -2.49. The van der Waals surface area contributed by atoms with Gasteiger partial charge in [-0.15, -0.1) is 10.2 Å². The molecule has 222 valence electrons. The summed E-state index contributed by atoms with van der Waals surface area (Å²) in [5, 5.41) is 7.81. The monoisotopic (exact) mass is 592 g/mol. The molecule has 0 aliphatic carbocycles. The summed E-state index contributed by atoms with van der Waals surface area (Å²) in [4.78, 5) is 4.95. The first kappa shape index (κ1) is 27.6. The average molecular weight is 593 g/mol. The molecule has 0 atom stereocenters. The van der Waals surface area contributed by atoms with Crippen LogP contribution in [0.2, 0.25) is 0 Å². The summed E-state index contributed by atoms with van der Waals surface area (Å²) < 4.78 is 48.1. The van der Waals surface area contributed by atoms with E-state index in [1.54, 1.807) is 6.07 Å². The smallest absolute Gasteiger partial charge is 0.247 e. The lowest BCUT2D eigenvalue weighted by Gasteiger charge is -2.40. The maximum atomic E-state index is 16.9. The van der Waals surface area contributed by atoms with Crippen LogP contribution < -0.4 is 14.2 Å². The van der Waals surface area contributed by atoms with Gasteiger partial charge in [0, 0.05) is 5.56 Å². The molecule has 0 N–H and O–H groups in total. The van der Waals surface area contributed by atoms with Gasteiger partial charge in [0.05, 0.1) is 42.5 Å². The molecule has 0 radical (unpaired) electrons. The quantitative estimate of drug-likeness (QED) is 0.171. The second-order valence-corrected chi connectivity index (χ2v) is 10.9. The van der Waals surface area contributed by atoms with Crippen molar-refractivity contribution >= 4 is 11.0 Å². The van der Waals surface area contributed by atoms with E-state index in [1.165, 1.54) is 13.5 Å². The summed E-state index contributed by atoms with van der Waals surface area (Å²) >= 11 is 0. The van der Waals surface area contributed by atoms with Gasteiger partial charge in [-0.3, -0.25) is 0 Å². The van der Waals surface area contributed by atoms with E-state index in [0.29, 0.717) is 41.8 Å². The molecule has 1 fully saturated rings. The molecule has 0 unspecified atom stereocenters. The third kappa shape index (κ3) is 5.03. The van der Waals surface area contributed by atoms with E-state index in [9.17, 15) is 0 Å². The Kier molecular flexibility index (Phi) is 7.19. The fourth-order valence-corrected chi connectivity index (χ4v) is 5.40. The van der Waals surface area contributed by atoms with E-state index >= 15 is 4.39 Å². The molecule has 1 saturated heterocycles. The van der Waals surface area contributed by atoms with E-state index in [0.717, 1.165) is 16.6 Å². The molecule has 1 aliphatic rings. The Morgan fingerprint density at radius 3 is 2.16 bits per heavy atom. The standard InChI is InChI=1S/C34H29FN4O5/c1-34(19-41-20-34)39-27-14-13-24(33-38-36-21-44-33)15-26(27)37-32(39)25-16-28(40-2)30(42-17-22-9-5-3-6-10-22)31(29(25)35)43-18-23-11-7-4-8-12-23/h3-16,21H,17-20H2,1-2H3. The Labute approximate surface area is 252 Å². The Hall–Kier alpha value is -5.22. The molecule has 0 bridgehead atoms. The highest BCUT2D eigenvalue weighted by Gasteiger charge is 2.40. The van der Waals surface area contributed by atoms with Crippen LogP contribution in [0, 0.1) is 5.82 Å². The van der Waals surface area contributed by atoms with E-state index in [-0.39, 0.29) is 30.3 Å². The van der Waals surface area contributed by atoms with Gasteiger partial charge in [0.15, 0.2) is 11.6 Å². The largest absolute Gasteiger partial charge is 0.493 e. The van der Waals surface area contributed by atoms with Crippen LogP contribution in [0.1, 0.15) is 18.1 Å². The molecule has 3 heterocycles. The Morgan fingerprint density at radius 2 is 1.57 bits per heavy atom. The van der Waals surface area contributed by atoms with Gasteiger partial charge in [-0.2, -0.15) is 0 Å². The van der Waals surface area contributed by atoms with Crippen molar-refractivity contribution in [2.24, 2.45) is 0 Å². The highest BCUT2D eigenvalue weighted by atomic mass is 19.1. The van der Waals surface area contributed by atoms with Gasteiger partial charge in [0.25, 0.3) is 0 Å². The van der Waals surface area contributed by atoms with Crippen LogP contribution in [-0.2, 0) is 23.5 Å². The number of nitrogens with zero attached hydrogens (tertiary/aromatic N) is 4. The Morgan fingerprint density at radius 1 is 0.886 bits per heavy atom.